The number of aromatic nitrogens is 2. The fourth-order valence-electron chi connectivity index (χ4n) is 2.39. The van der Waals surface area contributed by atoms with E-state index in [-0.39, 0.29) is 6.04 Å². The first-order chi connectivity index (χ1) is 9.08. The van der Waals surface area contributed by atoms with E-state index in [0.29, 0.717) is 6.04 Å². The number of hydrogen-bond acceptors (Lipinski definition) is 4. The first kappa shape index (κ1) is 14.3. The fraction of sp³-hybridized carbons (Fsp3) is 0.643. The van der Waals surface area contributed by atoms with Crippen molar-refractivity contribution in [2.75, 3.05) is 11.4 Å². The van der Waals surface area contributed by atoms with Gasteiger partial charge in [0.1, 0.15) is 0 Å². The highest BCUT2D eigenvalue weighted by atomic mass is 32.1. The Balaban J connectivity index is 2.46. The van der Waals surface area contributed by atoms with Crippen LogP contribution >= 0.6 is 11.3 Å². The summed E-state index contributed by atoms with van der Waals surface area (Å²) in [5.74, 6) is 1.10. The number of imidazole rings is 1. The molecule has 0 aromatic carbocycles. The molecular weight excluding hydrogens is 256 g/mol. The van der Waals surface area contributed by atoms with Gasteiger partial charge >= 0.3 is 0 Å². The average Bonchev–Trinajstić information content (AvgIpc) is 2.93. The molecule has 0 spiro atoms. The highest BCUT2D eigenvalue weighted by Gasteiger charge is 2.21. The molecule has 0 fully saturated rings. The first-order valence-electron chi connectivity index (χ1n) is 7.05. The summed E-state index contributed by atoms with van der Waals surface area (Å²) >= 11 is 1.68. The molecule has 5 heteroatoms. The molecule has 0 aliphatic carbocycles. The summed E-state index contributed by atoms with van der Waals surface area (Å²) in [4.78, 5) is 8.21. The third kappa shape index (κ3) is 2.77. The van der Waals surface area contributed by atoms with Gasteiger partial charge in [-0.25, -0.2) is 4.98 Å². The molecule has 0 radical (unpaired) electrons. The van der Waals surface area contributed by atoms with E-state index in [9.17, 15) is 0 Å². The van der Waals surface area contributed by atoms with Crippen molar-refractivity contribution in [1.29, 1.82) is 0 Å². The number of hydrogen-bond donors (Lipinski definition) is 1. The van der Waals surface area contributed by atoms with E-state index in [2.05, 4.69) is 48.6 Å². The lowest BCUT2D eigenvalue weighted by atomic mass is 10.1. The molecule has 106 valence electrons. The lowest BCUT2D eigenvalue weighted by molar-refractivity contribution is 0.625. The van der Waals surface area contributed by atoms with Gasteiger partial charge in [-0.05, 0) is 27.2 Å². The number of thiazole rings is 1. The van der Waals surface area contributed by atoms with E-state index in [1.165, 1.54) is 5.69 Å². The Labute approximate surface area is 119 Å². The van der Waals surface area contributed by atoms with Gasteiger partial charge in [0.05, 0.1) is 5.69 Å². The van der Waals surface area contributed by atoms with E-state index in [4.69, 9.17) is 10.7 Å². The smallest absolute Gasteiger partial charge is 0.195 e. The van der Waals surface area contributed by atoms with Crippen LogP contribution in [0, 0.1) is 0 Å². The second kappa shape index (κ2) is 5.92. The van der Waals surface area contributed by atoms with Crippen LogP contribution in [0.5, 0.6) is 0 Å². The van der Waals surface area contributed by atoms with Crippen molar-refractivity contribution < 1.29 is 0 Å². The van der Waals surface area contributed by atoms with Crippen LogP contribution in [0.15, 0.2) is 11.6 Å². The standard InChI is InChI=1S/C14H24N4S/c1-5-11(15)9-12-13(17(6-2)10(3)4)16-14-18(12)7-8-19-14/h7-8,10-11H,5-6,9,15H2,1-4H3. The molecule has 2 aromatic heterocycles. The molecule has 2 aromatic rings. The summed E-state index contributed by atoms with van der Waals surface area (Å²) in [6.07, 6.45) is 3.97. The maximum atomic E-state index is 6.15. The third-order valence-electron chi connectivity index (χ3n) is 3.56. The Morgan fingerprint density at radius 1 is 1.42 bits per heavy atom. The molecule has 0 aliphatic rings. The molecule has 2 N–H and O–H groups in total. The summed E-state index contributed by atoms with van der Waals surface area (Å²) in [5.41, 5.74) is 7.41. The highest BCUT2D eigenvalue weighted by Crippen LogP contribution is 2.27. The molecule has 0 aliphatic heterocycles. The van der Waals surface area contributed by atoms with Gasteiger partial charge in [0.2, 0.25) is 0 Å². The van der Waals surface area contributed by atoms with E-state index in [1.54, 1.807) is 11.3 Å². The maximum absolute atomic E-state index is 6.15. The average molecular weight is 280 g/mol. The molecule has 0 saturated heterocycles. The maximum Gasteiger partial charge on any atom is 0.195 e. The minimum atomic E-state index is 0.199. The number of nitrogens with two attached hydrogens (primary N) is 1. The van der Waals surface area contributed by atoms with Crippen LogP contribution in [0.4, 0.5) is 5.82 Å². The van der Waals surface area contributed by atoms with E-state index in [1.807, 2.05) is 0 Å². The third-order valence-corrected chi connectivity index (χ3v) is 4.31. The Bertz CT molecular complexity index is 529. The predicted octanol–water partition coefficient (Wildman–Crippen LogP) is 2.91. The van der Waals surface area contributed by atoms with Crippen molar-refractivity contribution >= 4 is 22.1 Å². The van der Waals surface area contributed by atoms with Gasteiger partial charge in [-0.15, -0.1) is 11.3 Å². The molecule has 0 saturated carbocycles. The quantitative estimate of drug-likeness (QED) is 0.885. The topological polar surface area (TPSA) is 46.6 Å². The van der Waals surface area contributed by atoms with Gasteiger partial charge in [-0.3, -0.25) is 4.40 Å². The van der Waals surface area contributed by atoms with Crippen molar-refractivity contribution in [3.05, 3.63) is 17.3 Å². The Kier molecular flexibility index (Phi) is 4.47. The summed E-state index contributed by atoms with van der Waals surface area (Å²) in [6, 6.07) is 0.649. The van der Waals surface area contributed by atoms with E-state index < -0.39 is 0 Å². The Morgan fingerprint density at radius 3 is 2.74 bits per heavy atom. The fourth-order valence-corrected chi connectivity index (χ4v) is 3.12. The van der Waals surface area contributed by atoms with Crippen molar-refractivity contribution in [3.8, 4) is 0 Å². The molecular formula is C14H24N4S. The summed E-state index contributed by atoms with van der Waals surface area (Å²) in [5, 5.41) is 2.08. The SMILES string of the molecule is CCC(N)Cc1c(N(CC)C(C)C)nc2sccn12. The molecule has 19 heavy (non-hydrogen) atoms. The molecule has 1 unspecified atom stereocenters. The van der Waals surface area contributed by atoms with Crippen molar-refractivity contribution in [3.63, 3.8) is 0 Å². The van der Waals surface area contributed by atoms with Gasteiger partial charge in [0.15, 0.2) is 10.8 Å². The van der Waals surface area contributed by atoms with E-state index in [0.717, 1.165) is 30.2 Å². The Morgan fingerprint density at radius 2 is 2.16 bits per heavy atom. The molecule has 2 rings (SSSR count). The number of nitrogens with zero attached hydrogens (tertiary/aromatic N) is 3. The molecule has 0 amide bonds. The molecule has 4 nitrogen and oxygen atoms in total. The van der Waals surface area contributed by atoms with Gasteiger partial charge in [0, 0.05) is 36.6 Å². The second-order valence-corrected chi connectivity index (χ2v) is 6.06. The van der Waals surface area contributed by atoms with Crippen LogP contribution in [-0.4, -0.2) is 28.0 Å². The van der Waals surface area contributed by atoms with Gasteiger partial charge < -0.3 is 10.6 Å². The zero-order chi connectivity index (χ0) is 14.0. The number of fused-ring (bicyclic) bond motifs is 1. The zero-order valence-corrected chi connectivity index (χ0v) is 13.1. The van der Waals surface area contributed by atoms with Gasteiger partial charge in [0.25, 0.3) is 0 Å². The minimum Gasteiger partial charge on any atom is -0.353 e. The highest BCUT2D eigenvalue weighted by molar-refractivity contribution is 7.15. The van der Waals surface area contributed by atoms with Crippen molar-refractivity contribution in [2.24, 2.45) is 5.73 Å². The predicted molar refractivity (Wildman–Crippen MR) is 83.2 cm³/mol. The lowest BCUT2D eigenvalue weighted by Crippen LogP contribution is -2.32. The van der Waals surface area contributed by atoms with Crippen LogP contribution in [-0.2, 0) is 6.42 Å². The largest absolute Gasteiger partial charge is 0.353 e. The summed E-state index contributed by atoms with van der Waals surface area (Å²) in [6.45, 7) is 9.70. The zero-order valence-electron chi connectivity index (χ0n) is 12.3. The number of anilines is 1. The molecule has 2 heterocycles. The van der Waals surface area contributed by atoms with Gasteiger partial charge in [-0.1, -0.05) is 6.92 Å². The normalized spacial score (nSPS) is 13.4. The Hall–Kier alpha value is -1.07. The van der Waals surface area contributed by atoms with Crippen molar-refractivity contribution in [2.45, 2.75) is 52.6 Å². The van der Waals surface area contributed by atoms with Crippen LogP contribution in [0.2, 0.25) is 0 Å². The summed E-state index contributed by atoms with van der Waals surface area (Å²) in [7, 11) is 0. The lowest BCUT2D eigenvalue weighted by Gasteiger charge is -2.26. The van der Waals surface area contributed by atoms with E-state index >= 15 is 0 Å². The molecule has 1 atom stereocenters. The van der Waals surface area contributed by atoms with Crippen molar-refractivity contribution in [1.82, 2.24) is 9.38 Å². The minimum absolute atomic E-state index is 0.199. The van der Waals surface area contributed by atoms with Crippen LogP contribution in [0.1, 0.15) is 39.8 Å². The van der Waals surface area contributed by atoms with Crippen LogP contribution < -0.4 is 10.6 Å². The number of rotatable bonds is 6. The van der Waals surface area contributed by atoms with Gasteiger partial charge in [-0.2, -0.15) is 0 Å². The second-order valence-electron chi connectivity index (χ2n) is 5.19. The molecule has 0 bridgehead atoms. The first-order valence-corrected chi connectivity index (χ1v) is 7.93. The van der Waals surface area contributed by atoms with Crippen LogP contribution in [0.3, 0.4) is 0 Å². The summed E-state index contributed by atoms with van der Waals surface area (Å²) < 4.78 is 2.19. The van der Waals surface area contributed by atoms with Crippen LogP contribution in [0.25, 0.3) is 4.96 Å². The monoisotopic (exact) mass is 280 g/mol.